The number of rotatable bonds is 0. The molecule has 5 heterocycles. The van der Waals surface area contributed by atoms with Gasteiger partial charge in [0.05, 0.1) is 22.8 Å². The number of fused-ring (bicyclic) bond motifs is 11. The van der Waals surface area contributed by atoms with Crippen molar-refractivity contribution in [2.75, 3.05) is 0 Å². The van der Waals surface area contributed by atoms with E-state index in [0.29, 0.717) is 0 Å². The van der Waals surface area contributed by atoms with Crippen LogP contribution in [0.1, 0.15) is 33.9 Å². The molecule has 8 bridgehead atoms. The summed E-state index contributed by atoms with van der Waals surface area (Å²) in [4.78, 5) is 16.0. The molecule has 8 rings (SSSR count). The second-order valence-electron chi connectivity index (χ2n) is 9.40. The van der Waals surface area contributed by atoms with Gasteiger partial charge in [-0.15, -0.1) is 0 Å². The van der Waals surface area contributed by atoms with Crippen molar-refractivity contribution in [2.45, 2.75) is 6.42 Å². The largest absolute Gasteiger partial charge is 0.355 e. The normalized spacial score (nSPS) is 11.9. The number of nitrogens with one attached hydrogen (secondary N) is 2. The minimum atomic E-state index is 0. The average Bonchev–Trinajstić information content (AvgIpc) is 3.73. The fourth-order valence-corrected chi connectivity index (χ4v) is 5.02. The first-order valence-electron chi connectivity index (χ1n) is 12.5. The predicted octanol–water partition coefficient (Wildman–Crippen LogP) is 6.46. The fourth-order valence-electron chi connectivity index (χ4n) is 5.02. The topological polar surface area (TPSA) is 57.4 Å². The Morgan fingerprint density at radius 2 is 0.795 bits per heavy atom. The van der Waals surface area contributed by atoms with Gasteiger partial charge >= 0.3 is 0 Å². The van der Waals surface area contributed by atoms with E-state index in [2.05, 4.69) is 92.7 Å². The van der Waals surface area contributed by atoms with E-state index in [1.165, 1.54) is 22.3 Å². The van der Waals surface area contributed by atoms with Crippen LogP contribution in [0.5, 0.6) is 0 Å². The molecule has 0 fully saturated rings. The molecule has 3 aliphatic rings. The van der Waals surface area contributed by atoms with Crippen LogP contribution in [0.2, 0.25) is 0 Å². The summed E-state index contributed by atoms with van der Waals surface area (Å²) in [6, 6.07) is 33.7. The Bertz CT molecular complexity index is 1660. The van der Waals surface area contributed by atoms with E-state index in [0.717, 1.165) is 51.3 Å². The smallest absolute Gasteiger partial charge is 0.0658 e. The Hall–Kier alpha value is -4.24. The maximum atomic E-state index is 4.63. The molecule has 0 atom stereocenters. The molecule has 39 heavy (non-hydrogen) atoms. The summed E-state index contributed by atoms with van der Waals surface area (Å²) in [5.41, 5.74) is 13.6. The Balaban J connectivity index is 0.000000175. The third-order valence-electron chi connectivity index (χ3n) is 6.75. The zero-order valence-corrected chi connectivity index (χ0v) is 21.5. The van der Waals surface area contributed by atoms with Gasteiger partial charge < -0.3 is 9.97 Å². The Morgan fingerprint density at radius 3 is 1.15 bits per heavy atom. The Labute approximate surface area is 241 Å². The molecule has 2 aromatic carbocycles. The summed E-state index contributed by atoms with van der Waals surface area (Å²) in [6.07, 6.45) is 9.19. The fraction of sp³-hybridized carbons (Fsp3) is 0.0303. The van der Waals surface area contributed by atoms with Gasteiger partial charge in [-0.25, -0.2) is 9.97 Å². The van der Waals surface area contributed by atoms with Gasteiger partial charge in [-0.05, 0) is 112 Å². The van der Waals surface area contributed by atoms with E-state index in [9.17, 15) is 0 Å². The van der Waals surface area contributed by atoms with Crippen molar-refractivity contribution in [1.29, 1.82) is 0 Å². The van der Waals surface area contributed by atoms with Crippen molar-refractivity contribution >= 4 is 57.3 Å². The molecular weight excluding hydrogens is 539 g/mol. The summed E-state index contributed by atoms with van der Waals surface area (Å²) in [7, 11) is 0. The number of aromatic nitrogens is 4. The first kappa shape index (κ1) is 26.4. The Morgan fingerprint density at radius 1 is 0.462 bits per heavy atom. The molecule has 0 spiro atoms. The molecule has 4 nitrogen and oxygen atoms in total. The quantitative estimate of drug-likeness (QED) is 0.207. The van der Waals surface area contributed by atoms with Crippen LogP contribution in [0.25, 0.3) is 57.5 Å². The molecule has 6 heteroatoms. The number of hydrogen-bond acceptors (Lipinski definition) is 2. The first-order valence-corrected chi connectivity index (χ1v) is 12.5. The van der Waals surface area contributed by atoms with E-state index in [-0.39, 0.29) is 27.7 Å². The van der Waals surface area contributed by atoms with Crippen molar-refractivity contribution < 1.29 is 16.8 Å². The van der Waals surface area contributed by atoms with Gasteiger partial charge in [-0.2, -0.15) is 0 Å². The molecule has 2 aliphatic heterocycles. The molecular formula is C33H28CoN4Si. The van der Waals surface area contributed by atoms with E-state index in [1.54, 1.807) is 0 Å². The standard InChI is InChI=1S/C20H14N4.C13H10.Co.H4Si/c1-2-14-10-16-5-6-18(23-16)12-20-8-7-19(24-20)11-17-4-3-15(22-17)9-13(1)21-14;1-3-7-12-10(5-1)9-11-6-2-4-8-13(11)12;;/h1-12,21,24H;1-8H,9H2;;1H4. The van der Waals surface area contributed by atoms with Crippen LogP contribution in [-0.2, 0) is 23.2 Å². The molecule has 2 N–H and O–H groups in total. The van der Waals surface area contributed by atoms with Crippen molar-refractivity contribution in [1.82, 2.24) is 19.9 Å². The van der Waals surface area contributed by atoms with Crippen LogP contribution in [-0.4, -0.2) is 30.9 Å². The maximum absolute atomic E-state index is 4.63. The van der Waals surface area contributed by atoms with E-state index >= 15 is 0 Å². The van der Waals surface area contributed by atoms with Gasteiger partial charge in [0.2, 0.25) is 0 Å². The summed E-state index contributed by atoms with van der Waals surface area (Å²) in [5.74, 6) is 0. The minimum Gasteiger partial charge on any atom is -0.355 e. The second-order valence-corrected chi connectivity index (χ2v) is 9.40. The van der Waals surface area contributed by atoms with Crippen LogP contribution in [0.4, 0.5) is 0 Å². The average molecular weight is 568 g/mol. The number of H-pyrrole nitrogens is 2. The number of benzene rings is 2. The zero-order chi connectivity index (χ0) is 24.6. The van der Waals surface area contributed by atoms with Crippen molar-refractivity contribution in [3.63, 3.8) is 0 Å². The molecule has 0 saturated carbocycles. The molecule has 3 aromatic heterocycles. The third-order valence-corrected chi connectivity index (χ3v) is 6.75. The van der Waals surface area contributed by atoms with Crippen molar-refractivity contribution in [3.8, 4) is 11.1 Å². The number of aromatic amines is 2. The summed E-state index contributed by atoms with van der Waals surface area (Å²) < 4.78 is 0. The van der Waals surface area contributed by atoms with Crippen molar-refractivity contribution in [3.05, 3.63) is 131 Å². The first-order chi connectivity index (χ1) is 18.2. The zero-order valence-electron chi connectivity index (χ0n) is 20.5. The van der Waals surface area contributed by atoms with Gasteiger partial charge in [0.25, 0.3) is 0 Å². The predicted molar refractivity (Wildman–Crippen MR) is 165 cm³/mol. The summed E-state index contributed by atoms with van der Waals surface area (Å²) in [6.45, 7) is 0. The van der Waals surface area contributed by atoms with Gasteiger partial charge in [-0.3, -0.25) is 0 Å². The number of nitrogens with zero attached hydrogens (tertiary/aromatic N) is 2. The minimum absolute atomic E-state index is 0. The van der Waals surface area contributed by atoms with E-state index < -0.39 is 0 Å². The van der Waals surface area contributed by atoms with Gasteiger partial charge in [0.1, 0.15) is 0 Å². The molecule has 193 valence electrons. The molecule has 0 saturated heterocycles. The van der Waals surface area contributed by atoms with E-state index in [1.807, 2.05) is 48.6 Å². The van der Waals surface area contributed by atoms with Gasteiger partial charge in [0, 0.05) is 38.8 Å². The van der Waals surface area contributed by atoms with Crippen LogP contribution < -0.4 is 0 Å². The molecule has 0 unspecified atom stereocenters. The van der Waals surface area contributed by atoms with E-state index in [4.69, 9.17) is 0 Å². The summed E-state index contributed by atoms with van der Waals surface area (Å²) >= 11 is 0. The SMILES string of the molecule is C1=Cc2cc3ccc(cc4nc(cc5ccc(cc1n2)[nH]5)C=C4)[nH]3.[Co].[SiH4].c1ccc2c(c1)Cc1ccccc1-2. The maximum Gasteiger partial charge on any atom is 0.0658 e. The van der Waals surface area contributed by atoms with Gasteiger partial charge in [0.15, 0.2) is 0 Å². The van der Waals surface area contributed by atoms with Crippen molar-refractivity contribution in [2.24, 2.45) is 0 Å². The molecule has 1 aliphatic carbocycles. The van der Waals surface area contributed by atoms with Crippen LogP contribution in [0.15, 0.2) is 97.1 Å². The monoisotopic (exact) mass is 567 g/mol. The van der Waals surface area contributed by atoms with Gasteiger partial charge in [-0.1, -0.05) is 48.5 Å². The third kappa shape index (κ3) is 5.63. The number of hydrogen-bond donors (Lipinski definition) is 2. The van der Waals surface area contributed by atoms with Crippen LogP contribution in [0, 0.1) is 0 Å². The molecule has 0 amide bonds. The second kappa shape index (κ2) is 11.2. The molecule has 1 radical (unpaired) electrons. The Kier molecular flexibility index (Phi) is 7.61. The van der Waals surface area contributed by atoms with Crippen LogP contribution >= 0.6 is 0 Å². The molecule has 5 aromatic rings. The summed E-state index contributed by atoms with van der Waals surface area (Å²) in [5, 5.41) is 0. The van der Waals surface area contributed by atoms with Crippen LogP contribution in [0.3, 0.4) is 0 Å².